The summed E-state index contributed by atoms with van der Waals surface area (Å²) in [5, 5.41) is 2.69. The van der Waals surface area contributed by atoms with Gasteiger partial charge >= 0.3 is 6.03 Å². The molecule has 1 aliphatic rings. The molecule has 6 heteroatoms. The molecule has 0 atom stereocenters. The van der Waals surface area contributed by atoms with E-state index in [2.05, 4.69) is 29.4 Å². The average Bonchev–Trinajstić information content (AvgIpc) is 2.59. The fourth-order valence-electron chi connectivity index (χ4n) is 2.75. The Bertz CT molecular complexity index is 525. The summed E-state index contributed by atoms with van der Waals surface area (Å²) >= 11 is 0. The maximum Gasteiger partial charge on any atom is 0.317 e. The van der Waals surface area contributed by atoms with Crippen molar-refractivity contribution in [2.75, 3.05) is 45.7 Å². The first-order valence-corrected chi connectivity index (χ1v) is 8.00. The highest BCUT2D eigenvalue weighted by Crippen LogP contribution is 2.21. The minimum absolute atomic E-state index is 0.0513. The predicted octanol–water partition coefficient (Wildman–Crippen LogP) is 1.39. The lowest BCUT2D eigenvalue weighted by molar-refractivity contribution is -0.127. The number of carbonyl (C=O) groups excluding carboxylic acids is 2. The van der Waals surface area contributed by atoms with Gasteiger partial charge in [0.05, 0.1) is 6.54 Å². The van der Waals surface area contributed by atoms with Gasteiger partial charge in [0.25, 0.3) is 0 Å². The first-order valence-electron chi connectivity index (χ1n) is 8.00. The van der Waals surface area contributed by atoms with E-state index in [4.69, 9.17) is 0 Å². The predicted molar refractivity (Wildman–Crippen MR) is 91.5 cm³/mol. The van der Waals surface area contributed by atoms with E-state index in [0.29, 0.717) is 19.1 Å². The smallest absolute Gasteiger partial charge is 0.317 e. The molecule has 0 bridgehead atoms. The van der Waals surface area contributed by atoms with Crippen LogP contribution in [0.4, 0.5) is 10.5 Å². The van der Waals surface area contributed by atoms with Gasteiger partial charge in [-0.3, -0.25) is 4.79 Å². The molecule has 1 heterocycles. The van der Waals surface area contributed by atoms with E-state index >= 15 is 0 Å². The standard InChI is InChI=1S/C17H26N4O2/c1-19(2)16(22)13-18-17(23)21-11-9-15(10-12-21)20(3)14-7-5-4-6-8-14/h4-8,15H,9-13H2,1-3H3,(H,18,23). The molecule has 0 unspecified atom stereocenters. The number of likely N-dealkylation sites (N-methyl/N-ethyl adjacent to an activating group) is 1. The van der Waals surface area contributed by atoms with E-state index in [9.17, 15) is 9.59 Å². The molecule has 1 N–H and O–H groups in total. The SMILES string of the molecule is CN(C)C(=O)CNC(=O)N1CCC(N(C)c2ccccc2)CC1. The second-order valence-corrected chi connectivity index (χ2v) is 6.11. The van der Waals surface area contributed by atoms with Crippen LogP contribution in [-0.4, -0.2) is 68.6 Å². The molecule has 6 nitrogen and oxygen atoms in total. The van der Waals surface area contributed by atoms with Gasteiger partial charge in [-0.25, -0.2) is 4.79 Å². The Kier molecular flexibility index (Phi) is 5.84. The van der Waals surface area contributed by atoms with E-state index in [1.54, 1.807) is 19.0 Å². The topological polar surface area (TPSA) is 55.9 Å². The average molecular weight is 318 g/mol. The first kappa shape index (κ1) is 17.1. The second kappa shape index (κ2) is 7.85. The summed E-state index contributed by atoms with van der Waals surface area (Å²) in [5.41, 5.74) is 1.20. The van der Waals surface area contributed by atoms with E-state index in [1.165, 1.54) is 10.6 Å². The molecule has 0 aromatic heterocycles. The van der Waals surface area contributed by atoms with Crippen LogP contribution in [0.3, 0.4) is 0 Å². The molecule has 1 saturated heterocycles. The first-order chi connectivity index (χ1) is 11.0. The number of amides is 3. The number of likely N-dealkylation sites (tertiary alicyclic amines) is 1. The molecule has 1 aliphatic heterocycles. The van der Waals surface area contributed by atoms with Crippen LogP contribution in [0, 0.1) is 0 Å². The number of nitrogens with zero attached hydrogens (tertiary/aromatic N) is 3. The van der Waals surface area contributed by atoms with Crippen LogP contribution in [0.2, 0.25) is 0 Å². The number of nitrogens with one attached hydrogen (secondary N) is 1. The Morgan fingerprint density at radius 2 is 1.74 bits per heavy atom. The molecule has 23 heavy (non-hydrogen) atoms. The van der Waals surface area contributed by atoms with Crippen molar-refractivity contribution in [3.63, 3.8) is 0 Å². The van der Waals surface area contributed by atoms with Crippen molar-refractivity contribution < 1.29 is 9.59 Å². The molecule has 1 aromatic rings. The van der Waals surface area contributed by atoms with E-state index < -0.39 is 0 Å². The molecule has 0 spiro atoms. The lowest BCUT2D eigenvalue weighted by Crippen LogP contribution is -2.50. The highest BCUT2D eigenvalue weighted by atomic mass is 16.2. The Labute approximate surface area is 138 Å². The molecular formula is C17H26N4O2. The van der Waals surface area contributed by atoms with Gasteiger partial charge in [-0.15, -0.1) is 0 Å². The molecule has 3 amide bonds. The Hall–Kier alpha value is -2.24. The van der Waals surface area contributed by atoms with Crippen molar-refractivity contribution in [3.8, 4) is 0 Å². The van der Waals surface area contributed by atoms with Gasteiger partial charge in [0.2, 0.25) is 5.91 Å². The normalized spacial score (nSPS) is 15.2. The van der Waals surface area contributed by atoms with Gasteiger partial charge in [-0.1, -0.05) is 18.2 Å². The molecular weight excluding hydrogens is 292 g/mol. The minimum atomic E-state index is -0.152. The van der Waals surface area contributed by atoms with Gasteiger partial charge < -0.3 is 20.0 Å². The quantitative estimate of drug-likeness (QED) is 0.912. The number of carbonyl (C=O) groups is 2. The summed E-state index contributed by atoms with van der Waals surface area (Å²) in [7, 11) is 5.46. The van der Waals surface area contributed by atoms with Gasteiger partial charge in [0, 0.05) is 46.0 Å². The van der Waals surface area contributed by atoms with Crippen LogP contribution in [-0.2, 0) is 4.79 Å². The molecule has 2 rings (SSSR count). The van der Waals surface area contributed by atoms with Crippen LogP contribution >= 0.6 is 0 Å². The van der Waals surface area contributed by atoms with Crippen LogP contribution in [0.5, 0.6) is 0 Å². The van der Waals surface area contributed by atoms with Crippen LogP contribution in [0.1, 0.15) is 12.8 Å². The highest BCUT2D eigenvalue weighted by molar-refractivity contribution is 5.83. The van der Waals surface area contributed by atoms with Crippen LogP contribution < -0.4 is 10.2 Å². The largest absolute Gasteiger partial charge is 0.371 e. The maximum atomic E-state index is 12.1. The Morgan fingerprint density at radius 1 is 1.13 bits per heavy atom. The summed E-state index contributed by atoms with van der Waals surface area (Å²) in [5.74, 6) is -0.1000. The third kappa shape index (κ3) is 4.61. The zero-order valence-electron chi connectivity index (χ0n) is 14.2. The van der Waals surface area contributed by atoms with Gasteiger partial charge in [0.1, 0.15) is 0 Å². The lowest BCUT2D eigenvalue weighted by Gasteiger charge is -2.37. The Balaban J connectivity index is 1.79. The molecule has 1 aromatic carbocycles. The maximum absolute atomic E-state index is 12.1. The van der Waals surface area contributed by atoms with Crippen molar-refractivity contribution in [2.24, 2.45) is 0 Å². The van der Waals surface area contributed by atoms with E-state index in [1.807, 2.05) is 18.2 Å². The summed E-state index contributed by atoms with van der Waals surface area (Å²) in [6, 6.07) is 10.6. The fraction of sp³-hybridized carbons (Fsp3) is 0.529. The minimum Gasteiger partial charge on any atom is -0.371 e. The molecule has 0 aliphatic carbocycles. The zero-order chi connectivity index (χ0) is 16.8. The zero-order valence-corrected chi connectivity index (χ0v) is 14.2. The molecule has 0 saturated carbocycles. The fourth-order valence-corrected chi connectivity index (χ4v) is 2.75. The monoisotopic (exact) mass is 318 g/mol. The van der Waals surface area contributed by atoms with Gasteiger partial charge in [0.15, 0.2) is 0 Å². The summed E-state index contributed by atoms with van der Waals surface area (Å²) in [4.78, 5) is 29.2. The van der Waals surface area contributed by atoms with Crippen molar-refractivity contribution in [2.45, 2.75) is 18.9 Å². The van der Waals surface area contributed by atoms with Crippen molar-refractivity contribution in [1.29, 1.82) is 0 Å². The number of benzene rings is 1. The molecule has 0 radical (unpaired) electrons. The number of anilines is 1. The Morgan fingerprint density at radius 3 is 2.30 bits per heavy atom. The number of para-hydroxylation sites is 1. The number of rotatable bonds is 4. The number of urea groups is 1. The van der Waals surface area contributed by atoms with E-state index in [-0.39, 0.29) is 18.5 Å². The second-order valence-electron chi connectivity index (χ2n) is 6.11. The van der Waals surface area contributed by atoms with Crippen molar-refractivity contribution >= 4 is 17.6 Å². The summed E-state index contributed by atoms with van der Waals surface area (Å²) in [6.07, 6.45) is 1.86. The number of hydrogen-bond acceptors (Lipinski definition) is 3. The summed E-state index contributed by atoms with van der Waals surface area (Å²) in [6.45, 7) is 1.48. The van der Waals surface area contributed by atoms with Crippen molar-refractivity contribution in [3.05, 3.63) is 30.3 Å². The third-order valence-corrected chi connectivity index (χ3v) is 4.35. The summed E-state index contributed by atoms with van der Waals surface area (Å²) < 4.78 is 0. The number of hydrogen-bond donors (Lipinski definition) is 1. The number of piperidine rings is 1. The van der Waals surface area contributed by atoms with Crippen molar-refractivity contribution in [1.82, 2.24) is 15.1 Å². The van der Waals surface area contributed by atoms with E-state index in [0.717, 1.165) is 12.8 Å². The van der Waals surface area contributed by atoms with Crippen LogP contribution in [0.15, 0.2) is 30.3 Å². The van der Waals surface area contributed by atoms with Crippen LogP contribution in [0.25, 0.3) is 0 Å². The molecule has 1 fully saturated rings. The third-order valence-electron chi connectivity index (χ3n) is 4.35. The molecule has 126 valence electrons. The highest BCUT2D eigenvalue weighted by Gasteiger charge is 2.25. The van der Waals surface area contributed by atoms with Gasteiger partial charge in [-0.05, 0) is 25.0 Å². The lowest BCUT2D eigenvalue weighted by atomic mass is 10.0. The van der Waals surface area contributed by atoms with Gasteiger partial charge in [-0.2, -0.15) is 0 Å².